The number of hydrogen-bond donors (Lipinski definition) is 0. The molecule has 1 aromatic heterocycles. The molecule has 0 atom stereocenters. The molecule has 2 rings (SSSR count). The highest BCUT2D eigenvalue weighted by atomic mass is 127. The van der Waals surface area contributed by atoms with Gasteiger partial charge >= 0.3 is 0 Å². The second-order valence-electron chi connectivity index (χ2n) is 3.65. The highest BCUT2D eigenvalue weighted by Gasteiger charge is 2.01. The first kappa shape index (κ1) is 10.7. The minimum atomic E-state index is 0.165. The summed E-state index contributed by atoms with van der Waals surface area (Å²) < 4.78 is 6.74. The van der Waals surface area contributed by atoms with Gasteiger partial charge in [-0.1, -0.05) is 6.07 Å². The van der Waals surface area contributed by atoms with Gasteiger partial charge in [0.1, 0.15) is 0 Å². The van der Waals surface area contributed by atoms with E-state index in [4.69, 9.17) is 4.74 Å². The van der Waals surface area contributed by atoms with Gasteiger partial charge < -0.3 is 4.74 Å². The Morgan fingerprint density at radius 1 is 1.20 bits per heavy atom. The standard InChI is InChI=1S/C12H12INO/c1-8(2)15-12-6-4-9-3-5-10(13)7-11(9)14-12/h3-8H,1-2H3. The van der Waals surface area contributed by atoms with Gasteiger partial charge in [0.2, 0.25) is 5.88 Å². The third-order valence-corrected chi connectivity index (χ3v) is 2.66. The first-order chi connectivity index (χ1) is 7.15. The lowest BCUT2D eigenvalue weighted by molar-refractivity contribution is 0.233. The van der Waals surface area contributed by atoms with Crippen molar-refractivity contribution in [3.8, 4) is 5.88 Å². The molecule has 0 unspecified atom stereocenters. The van der Waals surface area contributed by atoms with Crippen molar-refractivity contribution in [1.82, 2.24) is 4.98 Å². The third-order valence-electron chi connectivity index (χ3n) is 1.99. The summed E-state index contributed by atoms with van der Waals surface area (Å²) in [5.41, 5.74) is 0.986. The Labute approximate surface area is 103 Å². The van der Waals surface area contributed by atoms with Crippen molar-refractivity contribution >= 4 is 33.5 Å². The summed E-state index contributed by atoms with van der Waals surface area (Å²) in [6, 6.07) is 10.2. The van der Waals surface area contributed by atoms with Crippen LogP contribution >= 0.6 is 22.6 Å². The summed E-state index contributed by atoms with van der Waals surface area (Å²) in [7, 11) is 0. The second-order valence-corrected chi connectivity index (χ2v) is 4.90. The molecule has 0 aliphatic rings. The minimum absolute atomic E-state index is 0.165. The van der Waals surface area contributed by atoms with Crippen LogP contribution in [0.2, 0.25) is 0 Å². The Morgan fingerprint density at radius 3 is 2.67 bits per heavy atom. The van der Waals surface area contributed by atoms with Gasteiger partial charge in [-0.05, 0) is 54.6 Å². The molecule has 0 fully saturated rings. The van der Waals surface area contributed by atoms with E-state index in [1.165, 1.54) is 3.57 Å². The van der Waals surface area contributed by atoms with Crippen molar-refractivity contribution in [3.05, 3.63) is 33.9 Å². The maximum Gasteiger partial charge on any atom is 0.214 e. The Morgan fingerprint density at radius 2 is 1.93 bits per heavy atom. The SMILES string of the molecule is CC(C)Oc1ccc2ccc(I)cc2n1. The zero-order chi connectivity index (χ0) is 10.8. The van der Waals surface area contributed by atoms with Gasteiger partial charge in [0.15, 0.2) is 0 Å². The molecule has 0 amide bonds. The Balaban J connectivity index is 2.45. The lowest BCUT2D eigenvalue weighted by Crippen LogP contribution is -2.06. The summed E-state index contributed by atoms with van der Waals surface area (Å²) >= 11 is 2.28. The summed E-state index contributed by atoms with van der Waals surface area (Å²) in [6.07, 6.45) is 0.165. The molecule has 78 valence electrons. The van der Waals surface area contributed by atoms with E-state index in [1.54, 1.807) is 0 Å². The van der Waals surface area contributed by atoms with Crippen LogP contribution in [0.25, 0.3) is 10.9 Å². The predicted molar refractivity (Wildman–Crippen MR) is 70.2 cm³/mol. The molecule has 0 saturated heterocycles. The van der Waals surface area contributed by atoms with Crippen LogP contribution in [0.3, 0.4) is 0 Å². The quantitative estimate of drug-likeness (QED) is 0.790. The van der Waals surface area contributed by atoms with Crippen LogP contribution in [0.4, 0.5) is 0 Å². The molecule has 1 aromatic carbocycles. The predicted octanol–water partition coefficient (Wildman–Crippen LogP) is 3.63. The molecule has 2 aromatic rings. The zero-order valence-electron chi connectivity index (χ0n) is 8.70. The van der Waals surface area contributed by atoms with Gasteiger partial charge in [0.25, 0.3) is 0 Å². The van der Waals surface area contributed by atoms with Gasteiger partial charge in [0.05, 0.1) is 11.6 Å². The Kier molecular flexibility index (Phi) is 3.09. The molecule has 15 heavy (non-hydrogen) atoms. The molecular formula is C12H12INO. The van der Waals surface area contributed by atoms with Crippen LogP contribution in [-0.4, -0.2) is 11.1 Å². The monoisotopic (exact) mass is 313 g/mol. The van der Waals surface area contributed by atoms with Crippen molar-refractivity contribution in [2.75, 3.05) is 0 Å². The van der Waals surface area contributed by atoms with E-state index in [1.807, 2.05) is 26.0 Å². The van der Waals surface area contributed by atoms with Gasteiger partial charge in [-0.15, -0.1) is 0 Å². The van der Waals surface area contributed by atoms with Gasteiger partial charge in [-0.25, -0.2) is 4.98 Å². The van der Waals surface area contributed by atoms with Crippen LogP contribution in [0, 0.1) is 3.57 Å². The fraction of sp³-hybridized carbons (Fsp3) is 0.250. The van der Waals surface area contributed by atoms with E-state index in [0.717, 1.165) is 10.9 Å². The number of hydrogen-bond acceptors (Lipinski definition) is 2. The molecule has 3 heteroatoms. The molecule has 0 radical (unpaired) electrons. The fourth-order valence-electron chi connectivity index (χ4n) is 1.38. The minimum Gasteiger partial charge on any atom is -0.475 e. The summed E-state index contributed by atoms with van der Waals surface area (Å²) in [5.74, 6) is 0.694. The molecule has 2 nitrogen and oxygen atoms in total. The lowest BCUT2D eigenvalue weighted by atomic mass is 10.2. The number of pyridine rings is 1. The molecule has 0 N–H and O–H groups in total. The number of ether oxygens (including phenoxy) is 1. The molecule has 0 bridgehead atoms. The maximum absolute atomic E-state index is 5.55. The molecule has 0 aliphatic carbocycles. The van der Waals surface area contributed by atoms with E-state index in [-0.39, 0.29) is 6.10 Å². The van der Waals surface area contributed by atoms with Crippen LogP contribution in [0.5, 0.6) is 5.88 Å². The third kappa shape index (κ3) is 2.59. The first-order valence-electron chi connectivity index (χ1n) is 4.88. The number of benzene rings is 1. The lowest BCUT2D eigenvalue weighted by Gasteiger charge is -2.08. The molecule has 0 spiro atoms. The largest absolute Gasteiger partial charge is 0.475 e. The highest BCUT2D eigenvalue weighted by molar-refractivity contribution is 14.1. The molecule has 0 saturated carbocycles. The normalized spacial score (nSPS) is 10.9. The zero-order valence-corrected chi connectivity index (χ0v) is 10.9. The van der Waals surface area contributed by atoms with Crippen molar-refractivity contribution in [3.63, 3.8) is 0 Å². The van der Waals surface area contributed by atoms with Crippen LogP contribution in [-0.2, 0) is 0 Å². The molecular weight excluding hydrogens is 301 g/mol. The van der Waals surface area contributed by atoms with E-state index in [2.05, 4.69) is 45.8 Å². The Bertz CT molecular complexity index is 482. The van der Waals surface area contributed by atoms with E-state index in [9.17, 15) is 0 Å². The van der Waals surface area contributed by atoms with Gasteiger partial charge in [-0.2, -0.15) is 0 Å². The number of nitrogens with zero attached hydrogens (tertiary/aromatic N) is 1. The Hall–Kier alpha value is -0.840. The van der Waals surface area contributed by atoms with E-state index < -0.39 is 0 Å². The van der Waals surface area contributed by atoms with Crippen molar-refractivity contribution in [2.24, 2.45) is 0 Å². The van der Waals surface area contributed by atoms with Crippen LogP contribution in [0.15, 0.2) is 30.3 Å². The second kappa shape index (κ2) is 4.35. The first-order valence-corrected chi connectivity index (χ1v) is 5.96. The van der Waals surface area contributed by atoms with E-state index in [0.29, 0.717) is 5.88 Å². The average Bonchev–Trinajstić information content (AvgIpc) is 2.16. The summed E-state index contributed by atoms with van der Waals surface area (Å²) in [6.45, 7) is 4.00. The van der Waals surface area contributed by atoms with Crippen molar-refractivity contribution in [1.29, 1.82) is 0 Å². The number of halogens is 1. The molecule has 0 aliphatic heterocycles. The number of fused-ring (bicyclic) bond motifs is 1. The van der Waals surface area contributed by atoms with Gasteiger partial charge in [-0.3, -0.25) is 0 Å². The highest BCUT2D eigenvalue weighted by Crippen LogP contribution is 2.19. The van der Waals surface area contributed by atoms with Crippen molar-refractivity contribution in [2.45, 2.75) is 20.0 Å². The molecule has 1 heterocycles. The smallest absolute Gasteiger partial charge is 0.214 e. The summed E-state index contributed by atoms with van der Waals surface area (Å²) in [4.78, 5) is 4.45. The van der Waals surface area contributed by atoms with Gasteiger partial charge in [0, 0.05) is 15.0 Å². The van der Waals surface area contributed by atoms with Crippen LogP contribution in [0.1, 0.15) is 13.8 Å². The van der Waals surface area contributed by atoms with E-state index >= 15 is 0 Å². The van der Waals surface area contributed by atoms with Crippen LogP contribution < -0.4 is 4.74 Å². The topological polar surface area (TPSA) is 22.1 Å². The summed E-state index contributed by atoms with van der Waals surface area (Å²) in [5, 5.41) is 1.14. The maximum atomic E-state index is 5.55. The van der Waals surface area contributed by atoms with Crippen molar-refractivity contribution < 1.29 is 4.74 Å². The number of rotatable bonds is 2. The number of aromatic nitrogens is 1. The average molecular weight is 313 g/mol. The fourth-order valence-corrected chi connectivity index (χ4v) is 1.85.